The molecule has 1 heterocycles. The molecule has 1 aromatic rings. The molecule has 1 aliphatic heterocycles. The molecule has 0 aromatic heterocycles. The maximum absolute atomic E-state index is 11.3. The average molecular weight is 263 g/mol. The first-order chi connectivity index (χ1) is 8.77. The van der Waals surface area contributed by atoms with E-state index in [1.807, 2.05) is 45.0 Å². The number of nitrogens with two attached hydrogens (primary N) is 1. The Kier molecular flexibility index (Phi) is 5.70. The number of hydrogen-bond donors (Lipinski definition) is 1. The minimum atomic E-state index is 0. The molecule has 106 valence electrons. The second-order valence-electron chi connectivity index (χ2n) is 6.07. The van der Waals surface area contributed by atoms with Crippen LogP contribution in [0, 0.1) is 0 Å². The minimum absolute atomic E-state index is 0. The van der Waals surface area contributed by atoms with E-state index in [4.69, 9.17) is 10.5 Å². The summed E-state index contributed by atoms with van der Waals surface area (Å²) in [6, 6.07) is 7.81. The van der Waals surface area contributed by atoms with Gasteiger partial charge in [0, 0.05) is 11.1 Å². The van der Waals surface area contributed by atoms with Crippen molar-refractivity contribution in [2.45, 2.75) is 52.2 Å². The molecular weight excluding hydrogens is 238 g/mol. The molecule has 0 radical (unpaired) electrons. The summed E-state index contributed by atoms with van der Waals surface area (Å²) >= 11 is 0. The zero-order valence-corrected chi connectivity index (χ0v) is 12.4. The Balaban J connectivity index is 0.000000312. The van der Waals surface area contributed by atoms with E-state index in [0.29, 0.717) is 6.10 Å². The van der Waals surface area contributed by atoms with Crippen LogP contribution in [0.4, 0.5) is 0 Å². The predicted molar refractivity (Wildman–Crippen MR) is 78.4 cm³/mol. The van der Waals surface area contributed by atoms with Crippen molar-refractivity contribution in [1.29, 1.82) is 0 Å². The molecular formula is C16H25NO2. The maximum atomic E-state index is 11.3. The zero-order chi connectivity index (χ0) is 14.5. The predicted octanol–water partition coefficient (Wildman–Crippen LogP) is 2.96. The van der Waals surface area contributed by atoms with Crippen LogP contribution in [0.15, 0.2) is 24.3 Å². The average Bonchev–Trinajstić information content (AvgIpc) is 3.08. The third-order valence-electron chi connectivity index (χ3n) is 2.53. The highest BCUT2D eigenvalue weighted by Gasteiger charge is 2.22. The van der Waals surface area contributed by atoms with Crippen molar-refractivity contribution in [3.05, 3.63) is 35.4 Å². The first kappa shape index (κ1) is 15.9. The van der Waals surface area contributed by atoms with Crippen LogP contribution in [0.1, 0.15) is 50.0 Å². The lowest BCUT2D eigenvalue weighted by atomic mass is 10.00. The summed E-state index contributed by atoms with van der Waals surface area (Å²) in [5.41, 5.74) is 7.36. The van der Waals surface area contributed by atoms with Gasteiger partial charge in [0.1, 0.15) is 0 Å². The third-order valence-corrected chi connectivity index (χ3v) is 2.53. The summed E-state index contributed by atoms with van der Waals surface area (Å²) in [4.78, 5) is 11.3. The Morgan fingerprint density at radius 1 is 1.37 bits per heavy atom. The molecule has 19 heavy (non-hydrogen) atoms. The number of Topliss-reactive ketones (excluding diaryl/α,β-unsaturated/α-hetero) is 1. The van der Waals surface area contributed by atoms with Gasteiger partial charge >= 0.3 is 0 Å². The normalized spacial score (nSPS) is 17.4. The number of hydrogen-bond acceptors (Lipinski definition) is 3. The zero-order valence-electron chi connectivity index (χ0n) is 12.4. The molecule has 1 atom stereocenters. The second-order valence-corrected chi connectivity index (χ2v) is 6.07. The van der Waals surface area contributed by atoms with Crippen molar-refractivity contribution < 1.29 is 9.53 Å². The highest BCUT2D eigenvalue weighted by Crippen LogP contribution is 2.19. The van der Waals surface area contributed by atoms with Crippen LogP contribution >= 0.6 is 0 Å². The van der Waals surface area contributed by atoms with Crippen molar-refractivity contribution in [2.75, 3.05) is 6.61 Å². The Morgan fingerprint density at radius 2 is 1.89 bits per heavy atom. The van der Waals surface area contributed by atoms with Crippen LogP contribution in [0.2, 0.25) is 0 Å². The Hall–Kier alpha value is -1.19. The number of rotatable bonds is 4. The molecule has 1 aliphatic rings. The summed E-state index contributed by atoms with van der Waals surface area (Å²) < 4.78 is 5.15. The third kappa shape index (κ3) is 7.75. The molecule has 2 N–H and O–H groups in total. The summed E-state index contributed by atoms with van der Waals surface area (Å²) in [6.45, 7) is 8.40. The molecule has 0 bridgehead atoms. The van der Waals surface area contributed by atoms with Crippen molar-refractivity contribution in [3.63, 3.8) is 0 Å². The Bertz CT molecular complexity index is 411. The fourth-order valence-corrected chi connectivity index (χ4v) is 1.63. The van der Waals surface area contributed by atoms with E-state index in [1.165, 1.54) is 0 Å². The molecule has 1 saturated heterocycles. The fraction of sp³-hybridized carbons (Fsp3) is 0.562. The van der Waals surface area contributed by atoms with Gasteiger partial charge in [0.05, 0.1) is 12.7 Å². The SMILES string of the molecule is CC(=O)c1ccccc1CCC1CO1.CC(C)(C)N. The highest BCUT2D eigenvalue weighted by atomic mass is 16.6. The molecule has 0 amide bonds. The first-order valence-corrected chi connectivity index (χ1v) is 6.76. The number of carbonyl (C=O) groups excluding carboxylic acids is 1. The molecule has 1 aromatic carbocycles. The molecule has 2 rings (SSSR count). The van der Waals surface area contributed by atoms with E-state index < -0.39 is 0 Å². The number of benzene rings is 1. The van der Waals surface area contributed by atoms with E-state index >= 15 is 0 Å². The van der Waals surface area contributed by atoms with Crippen LogP contribution in [0.3, 0.4) is 0 Å². The van der Waals surface area contributed by atoms with Crippen molar-refractivity contribution in [2.24, 2.45) is 5.73 Å². The van der Waals surface area contributed by atoms with Crippen LogP contribution in [0.25, 0.3) is 0 Å². The second kappa shape index (κ2) is 6.83. The van der Waals surface area contributed by atoms with E-state index in [9.17, 15) is 4.79 Å². The molecule has 1 unspecified atom stereocenters. The van der Waals surface area contributed by atoms with Crippen LogP contribution in [-0.2, 0) is 11.2 Å². The van der Waals surface area contributed by atoms with E-state index in [2.05, 4.69) is 0 Å². The Labute approximate surface area is 116 Å². The van der Waals surface area contributed by atoms with Gasteiger partial charge in [-0.15, -0.1) is 0 Å². The monoisotopic (exact) mass is 263 g/mol. The summed E-state index contributed by atoms with van der Waals surface area (Å²) in [7, 11) is 0. The van der Waals surface area contributed by atoms with Crippen LogP contribution < -0.4 is 5.73 Å². The standard InChI is InChI=1S/C12H14O2.C4H11N/c1-9(13)12-5-3-2-4-10(12)6-7-11-8-14-11;1-4(2,3)5/h2-5,11H,6-8H2,1H3;5H2,1-3H3. The topological polar surface area (TPSA) is 55.6 Å². The lowest BCUT2D eigenvalue weighted by molar-refractivity contribution is 0.101. The van der Waals surface area contributed by atoms with Gasteiger partial charge in [-0.3, -0.25) is 4.79 Å². The van der Waals surface area contributed by atoms with E-state index in [1.54, 1.807) is 6.92 Å². The lowest BCUT2D eigenvalue weighted by Gasteiger charge is -2.06. The molecule has 1 fully saturated rings. The van der Waals surface area contributed by atoms with Crippen molar-refractivity contribution >= 4 is 5.78 Å². The number of carbonyl (C=O) groups is 1. The van der Waals surface area contributed by atoms with Crippen LogP contribution in [-0.4, -0.2) is 24.0 Å². The molecule has 3 nitrogen and oxygen atoms in total. The van der Waals surface area contributed by atoms with E-state index in [-0.39, 0.29) is 11.3 Å². The largest absolute Gasteiger partial charge is 0.373 e. The molecule has 3 heteroatoms. The molecule has 0 saturated carbocycles. The van der Waals surface area contributed by atoms with Gasteiger partial charge in [0.25, 0.3) is 0 Å². The van der Waals surface area contributed by atoms with Gasteiger partial charge in [-0.05, 0) is 46.1 Å². The number of aryl methyl sites for hydroxylation is 1. The van der Waals surface area contributed by atoms with Gasteiger partial charge in [-0.1, -0.05) is 24.3 Å². The Morgan fingerprint density at radius 3 is 2.37 bits per heavy atom. The summed E-state index contributed by atoms with van der Waals surface area (Å²) in [5, 5.41) is 0. The van der Waals surface area contributed by atoms with Crippen molar-refractivity contribution in [1.82, 2.24) is 0 Å². The maximum Gasteiger partial charge on any atom is 0.160 e. The number of epoxide rings is 1. The smallest absolute Gasteiger partial charge is 0.160 e. The first-order valence-electron chi connectivity index (χ1n) is 6.76. The minimum Gasteiger partial charge on any atom is -0.373 e. The van der Waals surface area contributed by atoms with Gasteiger partial charge in [-0.25, -0.2) is 0 Å². The van der Waals surface area contributed by atoms with Gasteiger partial charge in [-0.2, -0.15) is 0 Å². The molecule has 0 aliphatic carbocycles. The molecule has 0 spiro atoms. The van der Waals surface area contributed by atoms with Crippen molar-refractivity contribution in [3.8, 4) is 0 Å². The fourth-order valence-electron chi connectivity index (χ4n) is 1.63. The number of ketones is 1. The van der Waals surface area contributed by atoms with Gasteiger partial charge < -0.3 is 10.5 Å². The van der Waals surface area contributed by atoms with Gasteiger partial charge in [0.15, 0.2) is 5.78 Å². The lowest BCUT2D eigenvalue weighted by Crippen LogP contribution is -2.26. The van der Waals surface area contributed by atoms with E-state index in [0.717, 1.165) is 30.6 Å². The van der Waals surface area contributed by atoms with Crippen LogP contribution in [0.5, 0.6) is 0 Å². The highest BCUT2D eigenvalue weighted by molar-refractivity contribution is 5.95. The number of ether oxygens (including phenoxy) is 1. The summed E-state index contributed by atoms with van der Waals surface area (Å²) in [6.07, 6.45) is 2.42. The quantitative estimate of drug-likeness (QED) is 0.671. The summed E-state index contributed by atoms with van der Waals surface area (Å²) in [5.74, 6) is 0.150. The van der Waals surface area contributed by atoms with Gasteiger partial charge in [0.2, 0.25) is 0 Å².